The van der Waals surface area contributed by atoms with Crippen molar-refractivity contribution in [2.45, 2.75) is 71.3 Å². The third-order valence-electron chi connectivity index (χ3n) is 7.98. The fourth-order valence-electron chi connectivity index (χ4n) is 6.77. The van der Waals surface area contributed by atoms with Gasteiger partial charge in [0.25, 0.3) is 6.47 Å². The van der Waals surface area contributed by atoms with Gasteiger partial charge in [0.15, 0.2) is 11.9 Å². The zero-order valence-corrected chi connectivity index (χ0v) is 14.3. The van der Waals surface area contributed by atoms with Crippen LogP contribution in [0, 0.1) is 28.6 Å². The minimum atomic E-state index is -0.558. The molecule has 0 aliphatic heterocycles. The molecule has 4 rings (SSSR count). The summed E-state index contributed by atoms with van der Waals surface area (Å²) >= 11 is 0. The van der Waals surface area contributed by atoms with Gasteiger partial charge in [-0.15, -0.1) is 0 Å². The molecule has 3 nitrogen and oxygen atoms in total. The maximum absolute atomic E-state index is 12.2. The monoisotopic (exact) mass is 316 g/mol. The Morgan fingerprint density at radius 2 is 2.00 bits per heavy atom. The first-order valence-electron chi connectivity index (χ1n) is 9.32. The van der Waals surface area contributed by atoms with Crippen LogP contribution in [0.5, 0.6) is 0 Å². The lowest BCUT2D eigenvalue weighted by Crippen LogP contribution is -2.51. The number of allylic oxidation sites excluding steroid dienone is 1. The van der Waals surface area contributed by atoms with E-state index in [1.807, 2.05) is 6.08 Å². The Hall–Kier alpha value is -1.12. The summed E-state index contributed by atoms with van der Waals surface area (Å²) < 4.78 is 5.12. The summed E-state index contributed by atoms with van der Waals surface area (Å²) in [5.74, 6) is 2.31. The number of carbonyl (C=O) groups excluding carboxylic acids is 2. The van der Waals surface area contributed by atoms with Crippen LogP contribution in [0.15, 0.2) is 11.6 Å². The second kappa shape index (κ2) is 5.19. The molecule has 0 saturated heterocycles. The molecule has 0 radical (unpaired) electrons. The van der Waals surface area contributed by atoms with Gasteiger partial charge >= 0.3 is 0 Å². The molecule has 126 valence electrons. The Balaban J connectivity index is 1.67. The molecule has 4 aliphatic carbocycles. The van der Waals surface area contributed by atoms with E-state index in [0.717, 1.165) is 18.3 Å². The standard InChI is InChI=1S/C20H28O3/c1-19-8-3-4-15(19)14-6-5-13-10-17(22)18(23-12-21)11-20(13,2)16(14)7-9-19/h10,12,14-16,18H,3-9,11H2,1-2H3/t14-,15-,16+,18?,19-,20-/m0/s1. The zero-order valence-electron chi connectivity index (χ0n) is 14.3. The van der Waals surface area contributed by atoms with Gasteiger partial charge in [0, 0.05) is 6.42 Å². The van der Waals surface area contributed by atoms with Crippen molar-refractivity contribution >= 4 is 12.3 Å². The van der Waals surface area contributed by atoms with E-state index in [2.05, 4.69) is 13.8 Å². The summed E-state index contributed by atoms with van der Waals surface area (Å²) in [5, 5.41) is 0. The molecule has 0 amide bonds. The lowest BCUT2D eigenvalue weighted by Gasteiger charge is -2.57. The highest BCUT2D eigenvalue weighted by Crippen LogP contribution is 2.65. The van der Waals surface area contributed by atoms with Crippen LogP contribution < -0.4 is 0 Å². The number of ketones is 1. The fourth-order valence-corrected chi connectivity index (χ4v) is 6.77. The molecule has 0 heterocycles. The average Bonchev–Trinajstić information content (AvgIpc) is 2.91. The average molecular weight is 316 g/mol. The molecule has 23 heavy (non-hydrogen) atoms. The van der Waals surface area contributed by atoms with Crippen molar-refractivity contribution in [3.05, 3.63) is 11.6 Å². The predicted octanol–water partition coefficient (Wildman–Crippen LogP) is 4.06. The van der Waals surface area contributed by atoms with Crippen LogP contribution in [-0.2, 0) is 14.3 Å². The molecule has 0 bridgehead atoms. The SMILES string of the molecule is C[C@@]12CCC[C@H]1[C@@H]1CCC3=CC(=O)C(OC=O)C[C@]3(C)[C@@H]1CC2. The van der Waals surface area contributed by atoms with Crippen molar-refractivity contribution in [3.63, 3.8) is 0 Å². The summed E-state index contributed by atoms with van der Waals surface area (Å²) in [4.78, 5) is 23.0. The van der Waals surface area contributed by atoms with Crippen molar-refractivity contribution in [1.82, 2.24) is 0 Å². The minimum Gasteiger partial charge on any atom is -0.456 e. The maximum Gasteiger partial charge on any atom is 0.293 e. The summed E-state index contributed by atoms with van der Waals surface area (Å²) in [5.41, 5.74) is 1.94. The Labute approximate surface area is 138 Å². The molecule has 3 saturated carbocycles. The van der Waals surface area contributed by atoms with Crippen LogP contribution >= 0.6 is 0 Å². The Kier molecular flexibility index (Phi) is 3.48. The van der Waals surface area contributed by atoms with Crippen LogP contribution in [0.1, 0.15) is 65.2 Å². The fraction of sp³-hybridized carbons (Fsp3) is 0.800. The van der Waals surface area contributed by atoms with Gasteiger partial charge in [-0.1, -0.05) is 25.8 Å². The smallest absolute Gasteiger partial charge is 0.293 e. The molecule has 0 spiro atoms. The van der Waals surface area contributed by atoms with E-state index in [0.29, 0.717) is 24.2 Å². The quantitative estimate of drug-likeness (QED) is 0.722. The molecule has 4 aliphatic rings. The maximum atomic E-state index is 12.2. The van der Waals surface area contributed by atoms with Gasteiger partial charge in [-0.05, 0) is 73.2 Å². The van der Waals surface area contributed by atoms with E-state index in [1.54, 1.807) is 0 Å². The molecular formula is C20H28O3. The summed E-state index contributed by atoms with van der Waals surface area (Å²) in [7, 11) is 0. The van der Waals surface area contributed by atoms with Crippen molar-refractivity contribution < 1.29 is 14.3 Å². The molecule has 1 unspecified atom stereocenters. The summed E-state index contributed by atoms with van der Waals surface area (Å²) in [6.07, 6.45) is 11.0. The predicted molar refractivity (Wildman–Crippen MR) is 87.6 cm³/mol. The largest absolute Gasteiger partial charge is 0.456 e. The third kappa shape index (κ3) is 2.15. The number of hydrogen-bond donors (Lipinski definition) is 0. The minimum absolute atomic E-state index is 0.00969. The van der Waals surface area contributed by atoms with E-state index in [1.165, 1.54) is 44.1 Å². The van der Waals surface area contributed by atoms with Crippen molar-refractivity contribution in [2.75, 3.05) is 0 Å². The van der Waals surface area contributed by atoms with Crippen molar-refractivity contribution in [2.24, 2.45) is 28.6 Å². The van der Waals surface area contributed by atoms with E-state index < -0.39 is 6.10 Å². The van der Waals surface area contributed by atoms with Crippen LogP contribution in [0.2, 0.25) is 0 Å². The van der Waals surface area contributed by atoms with E-state index >= 15 is 0 Å². The highest BCUT2D eigenvalue weighted by Gasteiger charge is 2.57. The first-order chi connectivity index (χ1) is 11.0. The van der Waals surface area contributed by atoms with E-state index in [4.69, 9.17) is 4.74 Å². The van der Waals surface area contributed by atoms with Gasteiger partial charge in [-0.2, -0.15) is 0 Å². The van der Waals surface area contributed by atoms with Gasteiger partial charge in [0.05, 0.1) is 0 Å². The Bertz CT molecular complexity index is 565. The van der Waals surface area contributed by atoms with Gasteiger partial charge in [0.2, 0.25) is 0 Å². The van der Waals surface area contributed by atoms with Gasteiger partial charge in [0.1, 0.15) is 0 Å². The molecular weight excluding hydrogens is 288 g/mol. The molecule has 3 heteroatoms. The number of fused-ring (bicyclic) bond motifs is 5. The van der Waals surface area contributed by atoms with Crippen molar-refractivity contribution in [1.29, 1.82) is 0 Å². The zero-order chi connectivity index (χ0) is 16.2. The topological polar surface area (TPSA) is 43.4 Å². The van der Waals surface area contributed by atoms with E-state index in [9.17, 15) is 9.59 Å². The number of rotatable bonds is 2. The van der Waals surface area contributed by atoms with Crippen LogP contribution in [0.25, 0.3) is 0 Å². The molecule has 6 atom stereocenters. The summed E-state index contributed by atoms with van der Waals surface area (Å²) in [6.45, 7) is 5.29. The lowest BCUT2D eigenvalue weighted by molar-refractivity contribution is -0.146. The van der Waals surface area contributed by atoms with Crippen LogP contribution in [0.4, 0.5) is 0 Å². The Morgan fingerprint density at radius 1 is 1.17 bits per heavy atom. The highest BCUT2D eigenvalue weighted by molar-refractivity contribution is 5.96. The normalized spacial score (nSPS) is 48.8. The number of carbonyl (C=O) groups is 2. The van der Waals surface area contributed by atoms with Gasteiger partial charge in [-0.25, -0.2) is 0 Å². The van der Waals surface area contributed by atoms with Crippen LogP contribution in [0.3, 0.4) is 0 Å². The molecule has 0 aromatic carbocycles. The second-order valence-corrected chi connectivity index (χ2v) is 8.91. The first kappa shape index (κ1) is 15.4. The second-order valence-electron chi connectivity index (χ2n) is 8.91. The number of ether oxygens (including phenoxy) is 1. The third-order valence-corrected chi connectivity index (χ3v) is 7.98. The molecule has 0 aromatic heterocycles. The Morgan fingerprint density at radius 3 is 2.78 bits per heavy atom. The lowest BCUT2D eigenvalue weighted by atomic mass is 9.47. The highest BCUT2D eigenvalue weighted by atomic mass is 16.5. The number of hydrogen-bond acceptors (Lipinski definition) is 3. The van der Waals surface area contributed by atoms with E-state index in [-0.39, 0.29) is 11.2 Å². The van der Waals surface area contributed by atoms with Crippen molar-refractivity contribution in [3.8, 4) is 0 Å². The first-order valence-corrected chi connectivity index (χ1v) is 9.32. The van der Waals surface area contributed by atoms with Gasteiger partial charge in [-0.3, -0.25) is 9.59 Å². The molecule has 0 aromatic rings. The van der Waals surface area contributed by atoms with Crippen LogP contribution in [-0.4, -0.2) is 18.4 Å². The summed E-state index contributed by atoms with van der Waals surface area (Å²) in [6, 6.07) is 0. The molecule has 3 fully saturated rings. The van der Waals surface area contributed by atoms with Gasteiger partial charge < -0.3 is 4.74 Å². The molecule has 0 N–H and O–H groups in total.